The summed E-state index contributed by atoms with van der Waals surface area (Å²) in [5.41, 5.74) is 2.48. The predicted octanol–water partition coefficient (Wildman–Crippen LogP) is 5.91. The van der Waals surface area contributed by atoms with Gasteiger partial charge in [0.05, 0.1) is 33.0 Å². The monoisotopic (exact) mass is 552 g/mol. The second kappa shape index (κ2) is 10.4. The molecular formula is C25H21BrN4O4S. The number of nitro benzene ring substituents is 1. The van der Waals surface area contributed by atoms with E-state index in [2.05, 4.69) is 40.1 Å². The molecule has 1 aromatic heterocycles. The van der Waals surface area contributed by atoms with Gasteiger partial charge in [0, 0.05) is 16.6 Å². The van der Waals surface area contributed by atoms with Gasteiger partial charge in [0.1, 0.15) is 0 Å². The number of carbonyl (C=O) groups excluding carboxylic acids is 1. The van der Waals surface area contributed by atoms with Crippen LogP contribution in [0.3, 0.4) is 0 Å². The molecule has 10 heteroatoms. The molecule has 0 bridgehead atoms. The molecule has 0 saturated carbocycles. The van der Waals surface area contributed by atoms with Crippen molar-refractivity contribution in [1.82, 2.24) is 9.55 Å². The first-order valence-electron chi connectivity index (χ1n) is 10.7. The number of nitro groups is 1. The largest absolute Gasteiger partial charge is 0.324 e. The molecule has 1 heterocycles. The maximum atomic E-state index is 13.4. The third kappa shape index (κ3) is 5.44. The lowest BCUT2D eigenvalue weighted by atomic mass is 10.0. The topological polar surface area (TPSA) is 107 Å². The van der Waals surface area contributed by atoms with E-state index in [0.29, 0.717) is 37.8 Å². The van der Waals surface area contributed by atoms with Crippen LogP contribution in [0.1, 0.15) is 25.3 Å². The van der Waals surface area contributed by atoms with Crippen molar-refractivity contribution in [3.8, 4) is 5.69 Å². The lowest BCUT2D eigenvalue weighted by molar-refractivity contribution is -0.384. The molecule has 0 spiro atoms. The highest BCUT2D eigenvalue weighted by Crippen LogP contribution is 2.28. The summed E-state index contributed by atoms with van der Waals surface area (Å²) < 4.78 is 1.92. The van der Waals surface area contributed by atoms with Crippen molar-refractivity contribution in [2.45, 2.75) is 24.9 Å². The molecule has 1 N–H and O–H groups in total. The molecule has 178 valence electrons. The summed E-state index contributed by atoms with van der Waals surface area (Å²) in [5.74, 6) is -0.00128. The molecule has 0 aliphatic carbocycles. The number of hydrogen-bond donors (Lipinski definition) is 1. The first-order chi connectivity index (χ1) is 16.7. The Morgan fingerprint density at radius 2 is 1.86 bits per heavy atom. The first kappa shape index (κ1) is 24.6. The van der Waals surface area contributed by atoms with Gasteiger partial charge in [-0.2, -0.15) is 0 Å². The summed E-state index contributed by atoms with van der Waals surface area (Å²) in [5, 5.41) is 14.5. The van der Waals surface area contributed by atoms with Gasteiger partial charge in [0.25, 0.3) is 11.2 Å². The number of rotatable bonds is 7. The van der Waals surface area contributed by atoms with Crippen molar-refractivity contribution < 1.29 is 9.72 Å². The van der Waals surface area contributed by atoms with Crippen LogP contribution in [0.25, 0.3) is 16.6 Å². The SMILES string of the molecule is CC(C)c1ccc(-n2c(SCC(=O)Nc3ccc([N+](=O)[O-])cc3Br)nc3ccccc3c2=O)cc1. The van der Waals surface area contributed by atoms with E-state index in [0.717, 1.165) is 17.3 Å². The maximum absolute atomic E-state index is 13.4. The van der Waals surface area contributed by atoms with Gasteiger partial charge in [0.15, 0.2) is 5.16 Å². The highest BCUT2D eigenvalue weighted by Gasteiger charge is 2.16. The van der Waals surface area contributed by atoms with Crippen LogP contribution in [0.4, 0.5) is 11.4 Å². The molecule has 3 aromatic carbocycles. The van der Waals surface area contributed by atoms with Crippen molar-refractivity contribution in [2.75, 3.05) is 11.1 Å². The Morgan fingerprint density at radius 1 is 1.14 bits per heavy atom. The molecule has 0 unspecified atom stereocenters. The number of thioether (sulfide) groups is 1. The Morgan fingerprint density at radius 3 is 2.51 bits per heavy atom. The molecule has 0 radical (unpaired) electrons. The van der Waals surface area contributed by atoms with Gasteiger partial charge in [-0.1, -0.05) is 49.9 Å². The second-order valence-electron chi connectivity index (χ2n) is 8.06. The highest BCUT2D eigenvalue weighted by atomic mass is 79.9. The number of para-hydroxylation sites is 1. The van der Waals surface area contributed by atoms with Crippen molar-refractivity contribution in [3.05, 3.63) is 97.2 Å². The Labute approximate surface area is 213 Å². The van der Waals surface area contributed by atoms with Crippen LogP contribution in [0.2, 0.25) is 0 Å². The summed E-state index contributed by atoms with van der Waals surface area (Å²) in [4.78, 5) is 41.1. The average Bonchev–Trinajstić information content (AvgIpc) is 2.84. The van der Waals surface area contributed by atoms with E-state index in [1.54, 1.807) is 18.2 Å². The Kier molecular flexibility index (Phi) is 7.32. The van der Waals surface area contributed by atoms with Crippen LogP contribution in [0.5, 0.6) is 0 Å². The van der Waals surface area contributed by atoms with Gasteiger partial charge >= 0.3 is 0 Å². The molecule has 0 saturated heterocycles. The molecule has 4 aromatic rings. The van der Waals surface area contributed by atoms with E-state index in [1.807, 2.05) is 30.3 Å². The molecule has 0 atom stereocenters. The number of nitrogens with zero attached hydrogens (tertiary/aromatic N) is 3. The van der Waals surface area contributed by atoms with Gasteiger partial charge in [-0.3, -0.25) is 24.3 Å². The standard InChI is InChI=1S/C25H21BrN4O4S/c1-15(2)16-7-9-17(10-8-16)29-24(32)19-5-3-4-6-21(19)28-25(29)35-14-23(31)27-22-12-11-18(30(33)34)13-20(22)26/h3-13,15H,14H2,1-2H3,(H,27,31). The third-order valence-electron chi connectivity index (χ3n) is 5.33. The number of benzene rings is 3. The summed E-state index contributed by atoms with van der Waals surface area (Å²) >= 11 is 4.39. The average molecular weight is 553 g/mol. The van der Waals surface area contributed by atoms with Crippen LogP contribution in [0, 0.1) is 10.1 Å². The van der Waals surface area contributed by atoms with E-state index in [-0.39, 0.29) is 22.9 Å². The maximum Gasteiger partial charge on any atom is 0.270 e. The van der Waals surface area contributed by atoms with Crippen molar-refractivity contribution in [3.63, 3.8) is 0 Å². The number of non-ortho nitro benzene ring substituents is 1. The fraction of sp³-hybridized carbons (Fsp3) is 0.160. The Hall–Kier alpha value is -3.50. The molecule has 0 aliphatic heterocycles. The van der Waals surface area contributed by atoms with Gasteiger partial charge in [-0.05, 0) is 57.7 Å². The fourth-order valence-corrected chi connectivity index (χ4v) is 4.76. The summed E-state index contributed by atoms with van der Waals surface area (Å²) in [6.07, 6.45) is 0. The number of anilines is 1. The zero-order valence-electron chi connectivity index (χ0n) is 18.9. The predicted molar refractivity (Wildman–Crippen MR) is 142 cm³/mol. The van der Waals surface area contributed by atoms with Crippen molar-refractivity contribution >= 4 is 55.9 Å². The van der Waals surface area contributed by atoms with Crippen LogP contribution >= 0.6 is 27.7 Å². The van der Waals surface area contributed by atoms with E-state index in [4.69, 9.17) is 0 Å². The summed E-state index contributed by atoms with van der Waals surface area (Å²) in [7, 11) is 0. The molecule has 35 heavy (non-hydrogen) atoms. The lowest BCUT2D eigenvalue weighted by Gasteiger charge is -2.14. The van der Waals surface area contributed by atoms with Gasteiger partial charge in [-0.25, -0.2) is 4.98 Å². The van der Waals surface area contributed by atoms with E-state index in [9.17, 15) is 19.7 Å². The van der Waals surface area contributed by atoms with Crippen LogP contribution < -0.4 is 10.9 Å². The third-order valence-corrected chi connectivity index (χ3v) is 6.93. The Balaban J connectivity index is 1.63. The molecule has 0 fully saturated rings. The lowest BCUT2D eigenvalue weighted by Crippen LogP contribution is -2.23. The minimum atomic E-state index is -0.509. The Bertz CT molecular complexity index is 1490. The smallest absolute Gasteiger partial charge is 0.270 e. The van der Waals surface area contributed by atoms with Gasteiger partial charge < -0.3 is 5.32 Å². The molecule has 8 nitrogen and oxygen atoms in total. The van der Waals surface area contributed by atoms with E-state index >= 15 is 0 Å². The normalized spacial score (nSPS) is 11.1. The quantitative estimate of drug-likeness (QED) is 0.132. The molecule has 0 aliphatic rings. The van der Waals surface area contributed by atoms with Crippen molar-refractivity contribution in [1.29, 1.82) is 0 Å². The fourth-order valence-electron chi connectivity index (χ4n) is 3.48. The summed E-state index contributed by atoms with van der Waals surface area (Å²) in [6, 6.07) is 18.9. The molecule has 1 amide bonds. The number of halogens is 1. The van der Waals surface area contributed by atoms with E-state index in [1.165, 1.54) is 22.8 Å². The number of fused-ring (bicyclic) bond motifs is 1. The van der Waals surface area contributed by atoms with Crippen molar-refractivity contribution in [2.24, 2.45) is 0 Å². The molecular weight excluding hydrogens is 532 g/mol. The van der Waals surface area contributed by atoms with E-state index < -0.39 is 4.92 Å². The zero-order chi connectivity index (χ0) is 25.1. The van der Waals surface area contributed by atoms with Crippen LogP contribution in [-0.4, -0.2) is 26.1 Å². The minimum Gasteiger partial charge on any atom is -0.324 e. The number of aromatic nitrogens is 2. The number of carbonyl (C=O) groups is 1. The van der Waals surface area contributed by atoms with Crippen LogP contribution in [-0.2, 0) is 4.79 Å². The molecule has 4 rings (SSSR count). The second-order valence-corrected chi connectivity index (χ2v) is 9.85. The number of nitrogens with one attached hydrogen (secondary N) is 1. The number of hydrogen-bond acceptors (Lipinski definition) is 6. The van der Waals surface area contributed by atoms with Crippen LogP contribution in [0.15, 0.2) is 81.2 Å². The minimum absolute atomic E-state index is 0.0156. The highest BCUT2D eigenvalue weighted by molar-refractivity contribution is 9.10. The van der Waals surface area contributed by atoms with Gasteiger partial charge in [0.2, 0.25) is 5.91 Å². The first-order valence-corrected chi connectivity index (χ1v) is 12.5. The number of amides is 1. The zero-order valence-corrected chi connectivity index (χ0v) is 21.3. The van der Waals surface area contributed by atoms with Gasteiger partial charge in [-0.15, -0.1) is 0 Å². The summed E-state index contributed by atoms with van der Waals surface area (Å²) in [6.45, 7) is 4.20.